The third-order valence-corrected chi connectivity index (χ3v) is 6.53. The lowest BCUT2D eigenvalue weighted by molar-refractivity contribution is 0.0948. The smallest absolute Gasteiger partial charge is 0.248 e. The van der Waals surface area contributed by atoms with Gasteiger partial charge in [-0.1, -0.05) is 37.6 Å². The van der Waals surface area contributed by atoms with Gasteiger partial charge in [-0.05, 0) is 20.3 Å². The average molecular weight is 378 g/mol. The Morgan fingerprint density at radius 2 is 1.46 bits per heavy atom. The molecule has 0 heterocycles. The van der Waals surface area contributed by atoms with Crippen LogP contribution in [-0.4, -0.2) is 55.9 Å². The van der Waals surface area contributed by atoms with Gasteiger partial charge in [0, 0.05) is 37.8 Å². The minimum Gasteiger partial charge on any atom is -0.368 e. The van der Waals surface area contributed by atoms with E-state index in [0.29, 0.717) is 26.1 Å². The minimum atomic E-state index is -4.07. The first-order valence-corrected chi connectivity index (χ1v) is 10.4. The van der Waals surface area contributed by atoms with Crippen molar-refractivity contribution in [2.75, 3.05) is 26.7 Å². The fourth-order valence-corrected chi connectivity index (χ4v) is 4.55. The van der Waals surface area contributed by atoms with Gasteiger partial charge < -0.3 is 4.90 Å². The fourth-order valence-electron chi connectivity index (χ4n) is 3.06. The van der Waals surface area contributed by atoms with Crippen LogP contribution in [0.5, 0.6) is 0 Å². The molecule has 0 unspecified atom stereocenters. The highest BCUT2D eigenvalue weighted by Crippen LogP contribution is 2.32. The number of fused-ring (bicyclic) bond motifs is 1. The Balaban J connectivity index is 2.72. The first-order chi connectivity index (χ1) is 12.3. The molecule has 26 heavy (non-hydrogen) atoms. The molecule has 1 aromatic carbocycles. The van der Waals surface area contributed by atoms with E-state index in [-0.39, 0.29) is 16.8 Å². The van der Waals surface area contributed by atoms with E-state index in [1.54, 1.807) is 23.1 Å². The number of benzene rings is 1. The van der Waals surface area contributed by atoms with Gasteiger partial charge in [-0.3, -0.25) is 9.59 Å². The first kappa shape index (κ1) is 20.3. The largest absolute Gasteiger partial charge is 0.368 e. The number of allylic oxidation sites excluding steroid dienone is 2. The summed E-state index contributed by atoms with van der Waals surface area (Å²) in [4.78, 5) is 27.4. The molecule has 1 aromatic rings. The zero-order valence-corrected chi connectivity index (χ0v) is 16.6. The Hall–Kier alpha value is -1.99. The van der Waals surface area contributed by atoms with Crippen molar-refractivity contribution in [3.05, 3.63) is 46.0 Å². The van der Waals surface area contributed by atoms with Crippen LogP contribution in [0.2, 0.25) is 0 Å². The quantitative estimate of drug-likeness (QED) is 0.695. The molecule has 0 aliphatic heterocycles. The van der Waals surface area contributed by atoms with Crippen LogP contribution in [0.4, 0.5) is 0 Å². The zero-order chi connectivity index (χ0) is 19.5. The van der Waals surface area contributed by atoms with E-state index in [2.05, 4.69) is 0 Å². The average Bonchev–Trinajstić information content (AvgIpc) is 2.64. The van der Waals surface area contributed by atoms with Crippen LogP contribution >= 0.6 is 0 Å². The summed E-state index contributed by atoms with van der Waals surface area (Å²) in [5.41, 5.74) is 0.396. The lowest BCUT2D eigenvalue weighted by Crippen LogP contribution is -2.40. The molecule has 0 N–H and O–H groups in total. The van der Waals surface area contributed by atoms with E-state index in [4.69, 9.17) is 0 Å². The number of carbonyl (C=O) groups excluding carboxylic acids is 2. The van der Waals surface area contributed by atoms with Crippen LogP contribution in [0.3, 0.4) is 0 Å². The molecule has 142 valence electrons. The van der Waals surface area contributed by atoms with Crippen molar-refractivity contribution >= 4 is 21.6 Å². The number of rotatable bonds is 8. The summed E-state index contributed by atoms with van der Waals surface area (Å²) < 4.78 is 27.5. The van der Waals surface area contributed by atoms with Crippen LogP contribution in [0, 0.1) is 0 Å². The maximum Gasteiger partial charge on any atom is 0.248 e. The van der Waals surface area contributed by atoms with Crippen LogP contribution in [0.1, 0.15) is 54.3 Å². The second kappa shape index (κ2) is 8.14. The number of ketones is 2. The Morgan fingerprint density at radius 1 is 0.923 bits per heavy atom. The van der Waals surface area contributed by atoms with Crippen molar-refractivity contribution in [3.63, 3.8) is 0 Å². The van der Waals surface area contributed by atoms with Crippen LogP contribution in [-0.2, 0) is 10.0 Å². The lowest BCUT2D eigenvalue weighted by atomic mass is 9.92. The maximum atomic E-state index is 13.2. The number of nitrogens with zero attached hydrogens (tertiary/aromatic N) is 2. The van der Waals surface area contributed by atoms with Gasteiger partial charge in [0.25, 0.3) is 0 Å². The Morgan fingerprint density at radius 3 is 1.96 bits per heavy atom. The van der Waals surface area contributed by atoms with Crippen LogP contribution < -0.4 is 0 Å². The predicted molar refractivity (Wildman–Crippen MR) is 102 cm³/mol. The molecule has 0 radical (unpaired) electrons. The normalized spacial score (nSPS) is 14.8. The van der Waals surface area contributed by atoms with Crippen LogP contribution in [0.15, 0.2) is 34.9 Å². The molecule has 0 amide bonds. The summed E-state index contributed by atoms with van der Waals surface area (Å²) >= 11 is 0. The second-order valence-corrected chi connectivity index (χ2v) is 8.22. The number of sulfonamides is 1. The highest BCUT2D eigenvalue weighted by molar-refractivity contribution is 7.94. The van der Waals surface area contributed by atoms with E-state index in [1.807, 2.05) is 20.8 Å². The second-order valence-electron chi connectivity index (χ2n) is 6.23. The number of Topliss-reactive ketones (excluding diaryl/α,β-unsaturated/α-hetero) is 2. The molecule has 0 saturated carbocycles. The molecule has 0 spiro atoms. The predicted octanol–water partition coefficient (Wildman–Crippen LogP) is 2.68. The van der Waals surface area contributed by atoms with E-state index < -0.39 is 26.5 Å². The Labute approximate surface area is 155 Å². The molecule has 0 aromatic heterocycles. The highest BCUT2D eigenvalue weighted by Gasteiger charge is 2.42. The molecular weight excluding hydrogens is 352 g/mol. The minimum absolute atomic E-state index is 0.0120. The SMILES string of the molecule is CCCCN(C)S(=O)(=O)C1=C(N(CC)CC)C(=O)c2ccccc2C1=O. The summed E-state index contributed by atoms with van der Waals surface area (Å²) in [5.74, 6) is -1.02. The number of likely N-dealkylation sites (N-methyl/N-ethyl adjacent to an activating group) is 1. The van der Waals surface area contributed by atoms with E-state index in [1.165, 1.54) is 17.4 Å². The van der Waals surface area contributed by atoms with E-state index >= 15 is 0 Å². The maximum absolute atomic E-state index is 13.2. The van der Waals surface area contributed by atoms with E-state index in [9.17, 15) is 18.0 Å². The molecule has 1 aliphatic carbocycles. The molecule has 0 saturated heterocycles. The van der Waals surface area contributed by atoms with Crippen LogP contribution in [0.25, 0.3) is 0 Å². The molecule has 6 nitrogen and oxygen atoms in total. The third kappa shape index (κ3) is 3.46. The highest BCUT2D eigenvalue weighted by atomic mass is 32.2. The van der Waals surface area contributed by atoms with Crippen molar-refractivity contribution in [1.82, 2.24) is 9.21 Å². The van der Waals surface area contributed by atoms with Gasteiger partial charge in [-0.25, -0.2) is 12.7 Å². The summed E-state index contributed by atoms with van der Waals surface area (Å²) in [5, 5.41) is 0. The summed E-state index contributed by atoms with van der Waals surface area (Å²) in [6, 6.07) is 6.40. The van der Waals surface area contributed by atoms with Crippen molar-refractivity contribution in [1.29, 1.82) is 0 Å². The van der Waals surface area contributed by atoms with Crippen molar-refractivity contribution in [2.45, 2.75) is 33.6 Å². The molecule has 0 fully saturated rings. The molecule has 7 heteroatoms. The van der Waals surface area contributed by atoms with Crippen molar-refractivity contribution in [2.24, 2.45) is 0 Å². The van der Waals surface area contributed by atoms with Crippen molar-refractivity contribution in [3.8, 4) is 0 Å². The van der Waals surface area contributed by atoms with Crippen molar-refractivity contribution < 1.29 is 18.0 Å². The molecule has 0 bridgehead atoms. The molecule has 2 rings (SSSR count). The molecule has 0 atom stereocenters. The van der Waals surface area contributed by atoms with Gasteiger partial charge in [0.1, 0.15) is 5.70 Å². The Bertz CT molecular complexity index is 839. The van der Waals surface area contributed by atoms with Gasteiger partial charge in [0.2, 0.25) is 21.6 Å². The van der Waals surface area contributed by atoms with E-state index in [0.717, 1.165) is 6.42 Å². The number of hydrogen-bond acceptors (Lipinski definition) is 5. The Kier molecular flexibility index (Phi) is 6.36. The molecular formula is C19H26N2O4S. The first-order valence-electron chi connectivity index (χ1n) is 8.95. The van der Waals surface area contributed by atoms with Gasteiger partial charge in [-0.15, -0.1) is 0 Å². The van der Waals surface area contributed by atoms with Gasteiger partial charge in [-0.2, -0.15) is 0 Å². The topological polar surface area (TPSA) is 74.8 Å². The number of carbonyl (C=O) groups is 2. The fraction of sp³-hybridized carbons (Fsp3) is 0.474. The number of unbranched alkanes of at least 4 members (excludes halogenated alkanes) is 1. The molecule has 1 aliphatic rings. The van der Waals surface area contributed by atoms with Gasteiger partial charge in [0.15, 0.2) is 4.91 Å². The van der Waals surface area contributed by atoms with Gasteiger partial charge >= 0.3 is 0 Å². The lowest BCUT2D eigenvalue weighted by Gasteiger charge is -2.30. The van der Waals surface area contributed by atoms with Gasteiger partial charge in [0.05, 0.1) is 0 Å². The zero-order valence-electron chi connectivity index (χ0n) is 15.8. The summed E-state index contributed by atoms with van der Waals surface area (Å²) in [7, 11) is -2.62. The monoisotopic (exact) mass is 378 g/mol. The third-order valence-electron chi connectivity index (χ3n) is 4.63. The standard InChI is InChI=1S/C19H26N2O4S/c1-5-8-13-20(4)26(24,25)19-16(21(6-2)7-3)17(22)14-11-9-10-12-15(14)18(19)23/h9-12H,5-8,13H2,1-4H3. The summed E-state index contributed by atoms with van der Waals surface area (Å²) in [6.07, 6.45) is 1.51. The number of hydrogen-bond donors (Lipinski definition) is 0. The summed E-state index contributed by atoms with van der Waals surface area (Å²) in [6.45, 7) is 6.80.